The van der Waals surface area contributed by atoms with Crippen molar-refractivity contribution in [3.63, 3.8) is 0 Å². The fraction of sp³-hybridized carbons (Fsp3) is 0. The van der Waals surface area contributed by atoms with Gasteiger partial charge in [0.1, 0.15) is 16.5 Å². The lowest BCUT2D eigenvalue weighted by atomic mass is 10.6. The standard InChI is InChI=1S/C5H3ClN4OS/c6-10-1-7-2-3(10)8-5(11)9-4(2)12/h1H,(H2,8,9,11,12). The topological polar surface area (TPSA) is 66.5 Å². The van der Waals surface area contributed by atoms with Gasteiger partial charge < -0.3 is 0 Å². The van der Waals surface area contributed by atoms with Gasteiger partial charge in [0.15, 0.2) is 5.65 Å². The maximum absolute atomic E-state index is 10.9. The van der Waals surface area contributed by atoms with Crippen molar-refractivity contribution in [2.75, 3.05) is 0 Å². The van der Waals surface area contributed by atoms with Crippen LogP contribution in [0.1, 0.15) is 0 Å². The molecule has 5 nitrogen and oxygen atoms in total. The number of hydrogen-bond donors (Lipinski definition) is 2. The maximum Gasteiger partial charge on any atom is 0.325 e. The molecule has 0 unspecified atom stereocenters. The molecule has 0 saturated heterocycles. The molecule has 0 spiro atoms. The average Bonchev–Trinajstić information content (AvgIpc) is 2.33. The molecule has 2 N–H and O–H groups in total. The molecule has 0 aliphatic carbocycles. The van der Waals surface area contributed by atoms with Crippen molar-refractivity contribution >= 4 is 35.2 Å². The lowest BCUT2D eigenvalue weighted by Gasteiger charge is -1.89. The third kappa shape index (κ3) is 0.961. The van der Waals surface area contributed by atoms with Gasteiger partial charge in [0.05, 0.1) is 0 Å². The van der Waals surface area contributed by atoms with Crippen LogP contribution in [0.4, 0.5) is 0 Å². The summed E-state index contributed by atoms with van der Waals surface area (Å²) in [4.78, 5) is 19.6. The van der Waals surface area contributed by atoms with Gasteiger partial charge in [0.25, 0.3) is 0 Å². The first-order chi connectivity index (χ1) is 5.68. The molecule has 0 fully saturated rings. The van der Waals surface area contributed by atoms with Crippen LogP contribution < -0.4 is 5.69 Å². The quantitative estimate of drug-likeness (QED) is 0.621. The van der Waals surface area contributed by atoms with Crippen LogP contribution in [0, 0.1) is 4.64 Å². The van der Waals surface area contributed by atoms with E-state index in [0.717, 1.165) is 0 Å². The monoisotopic (exact) mass is 202 g/mol. The number of halogens is 1. The predicted octanol–water partition coefficient (Wildman–Crippen LogP) is 0.784. The number of aromatic nitrogens is 4. The minimum absolute atomic E-state index is 0.285. The molecular formula is C5H3ClN4OS. The molecule has 0 aromatic carbocycles. The minimum Gasteiger partial charge on any atom is -0.296 e. The molecule has 2 rings (SSSR count). The summed E-state index contributed by atoms with van der Waals surface area (Å²) in [6, 6.07) is 0. The summed E-state index contributed by atoms with van der Waals surface area (Å²) in [6.07, 6.45) is 1.37. The number of nitrogens with one attached hydrogen (secondary N) is 2. The molecular weight excluding hydrogens is 200 g/mol. The van der Waals surface area contributed by atoms with Gasteiger partial charge in [-0.3, -0.25) is 9.97 Å². The summed E-state index contributed by atoms with van der Waals surface area (Å²) >= 11 is 10.5. The van der Waals surface area contributed by atoms with Crippen molar-refractivity contribution < 1.29 is 0 Å². The molecule has 0 saturated carbocycles. The van der Waals surface area contributed by atoms with Crippen molar-refractivity contribution in [2.24, 2.45) is 0 Å². The summed E-state index contributed by atoms with van der Waals surface area (Å²) in [5, 5.41) is 0. The predicted molar refractivity (Wildman–Crippen MR) is 46.8 cm³/mol. The number of rotatable bonds is 0. The van der Waals surface area contributed by atoms with Gasteiger partial charge in [-0.2, -0.15) is 0 Å². The molecule has 0 radical (unpaired) electrons. The zero-order valence-electron chi connectivity index (χ0n) is 5.67. The zero-order valence-corrected chi connectivity index (χ0v) is 7.24. The Labute approximate surface area is 76.1 Å². The fourth-order valence-corrected chi connectivity index (χ4v) is 1.32. The second-order valence-electron chi connectivity index (χ2n) is 2.16. The summed E-state index contributed by atoms with van der Waals surface area (Å²) in [7, 11) is 0. The summed E-state index contributed by atoms with van der Waals surface area (Å²) in [5.74, 6) is 0. The molecule has 2 heterocycles. The number of H-pyrrole nitrogens is 2. The van der Waals surface area contributed by atoms with Crippen LogP contribution in [0.2, 0.25) is 0 Å². The number of imidazole rings is 1. The molecule has 0 atom stereocenters. The van der Waals surface area contributed by atoms with Gasteiger partial charge in [-0.1, -0.05) is 12.2 Å². The molecule has 0 aliphatic heterocycles. The highest BCUT2D eigenvalue weighted by molar-refractivity contribution is 7.71. The zero-order chi connectivity index (χ0) is 8.72. The van der Waals surface area contributed by atoms with Crippen molar-refractivity contribution in [1.82, 2.24) is 19.0 Å². The van der Waals surface area contributed by atoms with Crippen LogP contribution in [0.3, 0.4) is 0 Å². The molecule has 2 aromatic heterocycles. The molecule has 0 amide bonds. The highest BCUT2D eigenvalue weighted by Crippen LogP contribution is 2.08. The summed E-state index contributed by atoms with van der Waals surface area (Å²) in [6.45, 7) is 0. The Bertz CT molecular complexity index is 538. The number of hydrogen-bond acceptors (Lipinski definition) is 3. The van der Waals surface area contributed by atoms with Gasteiger partial charge >= 0.3 is 5.69 Å². The van der Waals surface area contributed by atoms with Gasteiger partial charge in [-0.15, -0.1) is 0 Å². The minimum atomic E-state index is -0.394. The lowest BCUT2D eigenvalue weighted by Crippen LogP contribution is -2.10. The van der Waals surface area contributed by atoms with Crippen molar-refractivity contribution in [3.05, 3.63) is 21.5 Å². The van der Waals surface area contributed by atoms with Crippen LogP contribution in [0.25, 0.3) is 11.2 Å². The Morgan fingerprint density at radius 3 is 3.08 bits per heavy atom. The lowest BCUT2D eigenvalue weighted by molar-refractivity contribution is 1.08. The third-order valence-corrected chi connectivity index (χ3v) is 1.95. The second kappa shape index (κ2) is 2.43. The molecule has 62 valence electrons. The van der Waals surface area contributed by atoms with Crippen molar-refractivity contribution in [3.8, 4) is 0 Å². The van der Waals surface area contributed by atoms with E-state index in [4.69, 9.17) is 24.0 Å². The Morgan fingerprint density at radius 2 is 2.33 bits per heavy atom. The molecule has 12 heavy (non-hydrogen) atoms. The van der Waals surface area contributed by atoms with Gasteiger partial charge in [-0.25, -0.2) is 13.9 Å². The Morgan fingerprint density at radius 1 is 1.58 bits per heavy atom. The molecule has 2 aromatic rings. The van der Waals surface area contributed by atoms with E-state index in [1.54, 1.807) is 0 Å². The van der Waals surface area contributed by atoms with Gasteiger partial charge in [-0.05, 0) is 0 Å². The summed E-state index contributed by atoms with van der Waals surface area (Å²) < 4.78 is 1.47. The number of nitrogens with zero attached hydrogens (tertiary/aromatic N) is 2. The van der Waals surface area contributed by atoms with E-state index < -0.39 is 5.69 Å². The van der Waals surface area contributed by atoms with Crippen LogP contribution in [-0.2, 0) is 0 Å². The van der Waals surface area contributed by atoms with Crippen molar-refractivity contribution in [1.29, 1.82) is 0 Å². The van der Waals surface area contributed by atoms with Crippen LogP contribution in [0.15, 0.2) is 11.1 Å². The fourth-order valence-electron chi connectivity index (χ4n) is 0.908. The van der Waals surface area contributed by atoms with Crippen LogP contribution in [-0.4, -0.2) is 19.0 Å². The smallest absolute Gasteiger partial charge is 0.296 e. The second-order valence-corrected chi connectivity index (χ2v) is 2.93. The van der Waals surface area contributed by atoms with E-state index in [9.17, 15) is 4.79 Å². The largest absolute Gasteiger partial charge is 0.325 e. The first-order valence-electron chi connectivity index (χ1n) is 3.04. The van der Waals surface area contributed by atoms with Gasteiger partial charge in [0.2, 0.25) is 0 Å². The number of fused-ring (bicyclic) bond motifs is 1. The van der Waals surface area contributed by atoms with E-state index in [2.05, 4.69) is 15.0 Å². The van der Waals surface area contributed by atoms with E-state index in [1.807, 2.05) is 0 Å². The summed E-state index contributed by atoms with van der Waals surface area (Å²) in [5.41, 5.74) is 0.500. The Balaban J connectivity index is 3.13. The van der Waals surface area contributed by atoms with Gasteiger partial charge in [0, 0.05) is 11.8 Å². The molecule has 7 heteroatoms. The normalized spacial score (nSPS) is 10.8. The average molecular weight is 203 g/mol. The van der Waals surface area contributed by atoms with E-state index in [1.165, 1.54) is 10.4 Å². The van der Waals surface area contributed by atoms with E-state index >= 15 is 0 Å². The Kier molecular flexibility index (Phi) is 1.52. The third-order valence-electron chi connectivity index (χ3n) is 1.40. The van der Waals surface area contributed by atoms with E-state index in [-0.39, 0.29) is 4.64 Å². The first-order valence-corrected chi connectivity index (χ1v) is 3.79. The van der Waals surface area contributed by atoms with E-state index in [0.29, 0.717) is 11.2 Å². The Hall–Kier alpha value is -1.14. The first kappa shape index (κ1) is 7.51. The molecule has 0 aliphatic rings. The SMILES string of the molecule is O=c1[nH]c(=S)c2ncn(Cl)c2[nH]1. The number of aromatic amines is 2. The van der Waals surface area contributed by atoms with Crippen LogP contribution >= 0.6 is 24.0 Å². The maximum atomic E-state index is 10.9. The van der Waals surface area contributed by atoms with Crippen LogP contribution in [0.5, 0.6) is 0 Å². The molecule has 0 bridgehead atoms. The highest BCUT2D eigenvalue weighted by Gasteiger charge is 2.02. The van der Waals surface area contributed by atoms with Crippen molar-refractivity contribution in [2.45, 2.75) is 0 Å². The highest BCUT2D eigenvalue weighted by atomic mass is 35.5.